The van der Waals surface area contributed by atoms with E-state index < -0.39 is 10.0 Å². The van der Waals surface area contributed by atoms with Crippen molar-refractivity contribution >= 4 is 27.1 Å². The molecule has 0 bridgehead atoms. The third-order valence-corrected chi connectivity index (χ3v) is 7.27. The van der Waals surface area contributed by atoms with Gasteiger partial charge in [0.2, 0.25) is 10.0 Å². The highest BCUT2D eigenvalue weighted by atomic mass is 32.2. The van der Waals surface area contributed by atoms with E-state index in [1.54, 1.807) is 11.3 Å². The number of aryl methyl sites for hydroxylation is 2. The summed E-state index contributed by atoms with van der Waals surface area (Å²) in [4.78, 5) is 16.5. The number of carbonyl (C=O) groups excluding carboxylic acids is 1. The topological polar surface area (TPSA) is 71.4 Å². The number of carbonyl (C=O) groups is 1. The zero-order chi connectivity index (χ0) is 21.0. The predicted molar refractivity (Wildman–Crippen MR) is 118 cm³/mol. The summed E-state index contributed by atoms with van der Waals surface area (Å²) in [5.41, 5.74) is 2.97. The Morgan fingerprint density at radius 1 is 1.34 bits per heavy atom. The molecule has 8 heteroatoms. The molecule has 1 aliphatic heterocycles. The fraction of sp³-hybridized carbons (Fsp3) is 0.571. The van der Waals surface area contributed by atoms with Crippen molar-refractivity contribution < 1.29 is 13.2 Å². The van der Waals surface area contributed by atoms with Crippen LogP contribution < -0.4 is 4.72 Å². The highest BCUT2D eigenvalue weighted by Gasteiger charge is 2.24. The molecule has 1 fully saturated rings. The van der Waals surface area contributed by atoms with Crippen molar-refractivity contribution in [1.82, 2.24) is 14.2 Å². The minimum absolute atomic E-state index is 0.150. The number of Topliss-reactive ketones (excluding diaryl/α,β-unsaturated/α-hetero) is 1. The highest BCUT2D eigenvalue weighted by Crippen LogP contribution is 2.20. The quantitative estimate of drug-likeness (QED) is 0.613. The van der Waals surface area contributed by atoms with Crippen LogP contribution in [0.4, 0.5) is 0 Å². The summed E-state index contributed by atoms with van der Waals surface area (Å²) < 4.78 is 27.5. The Morgan fingerprint density at radius 3 is 2.83 bits per heavy atom. The van der Waals surface area contributed by atoms with Gasteiger partial charge in [-0.3, -0.25) is 9.69 Å². The number of nitrogens with one attached hydrogen (secondary N) is 1. The Balaban J connectivity index is 1.59. The maximum absolute atomic E-state index is 13.0. The van der Waals surface area contributed by atoms with Crippen LogP contribution in [-0.2, 0) is 23.0 Å². The molecular formula is C21H31N3O3S2. The third-order valence-electron chi connectivity index (χ3n) is 5.64. The van der Waals surface area contributed by atoms with Crippen LogP contribution in [0.25, 0.3) is 0 Å². The molecule has 1 N–H and O–H groups in total. The molecule has 3 rings (SSSR count). The summed E-state index contributed by atoms with van der Waals surface area (Å²) in [6.45, 7) is 7.46. The van der Waals surface area contributed by atoms with Crippen molar-refractivity contribution in [3.63, 3.8) is 0 Å². The molecule has 1 saturated heterocycles. The first kappa shape index (κ1) is 22.2. The van der Waals surface area contributed by atoms with E-state index in [0.29, 0.717) is 13.1 Å². The van der Waals surface area contributed by atoms with Crippen LogP contribution in [0.15, 0.2) is 23.6 Å². The summed E-state index contributed by atoms with van der Waals surface area (Å²) in [6, 6.07) is 6.23. The average molecular weight is 438 g/mol. The number of piperidine rings is 1. The number of rotatable bonds is 9. The van der Waals surface area contributed by atoms with E-state index in [0.717, 1.165) is 55.8 Å². The van der Waals surface area contributed by atoms with Crippen LogP contribution in [0.1, 0.15) is 39.5 Å². The van der Waals surface area contributed by atoms with Crippen LogP contribution in [0.2, 0.25) is 0 Å². The van der Waals surface area contributed by atoms with Crippen molar-refractivity contribution in [2.75, 3.05) is 32.4 Å². The van der Waals surface area contributed by atoms with Gasteiger partial charge in [0.15, 0.2) is 5.78 Å². The molecule has 1 aliphatic rings. The van der Waals surface area contributed by atoms with E-state index in [-0.39, 0.29) is 11.7 Å². The maximum atomic E-state index is 13.0. The second kappa shape index (κ2) is 9.55. The standard InChI is InChI=1S/C21H31N3O3S2/c1-16-12-20(17(2)24(16)10-8-19-7-5-11-28-19)21(25)15-23-9-4-6-18(14-23)13-22-29(3,26)27/h5,7,11-12,18,22H,4,6,8-10,13-15H2,1-3H3. The second-order valence-electron chi connectivity index (χ2n) is 8.05. The first-order valence-electron chi connectivity index (χ1n) is 10.1. The van der Waals surface area contributed by atoms with Gasteiger partial charge in [-0.15, -0.1) is 11.3 Å². The zero-order valence-electron chi connectivity index (χ0n) is 17.5. The molecular weight excluding hydrogens is 406 g/mol. The van der Waals surface area contributed by atoms with Gasteiger partial charge in [0.05, 0.1) is 12.8 Å². The molecule has 3 heterocycles. The lowest BCUT2D eigenvalue weighted by atomic mass is 9.98. The summed E-state index contributed by atoms with van der Waals surface area (Å²) >= 11 is 1.77. The minimum atomic E-state index is -3.17. The van der Waals surface area contributed by atoms with E-state index in [4.69, 9.17) is 0 Å². The molecule has 0 aliphatic carbocycles. The number of hydrogen-bond donors (Lipinski definition) is 1. The lowest BCUT2D eigenvalue weighted by Crippen LogP contribution is -2.42. The number of ketones is 1. The summed E-state index contributed by atoms with van der Waals surface area (Å²) in [7, 11) is -3.17. The molecule has 1 atom stereocenters. The van der Waals surface area contributed by atoms with Gasteiger partial charge >= 0.3 is 0 Å². The van der Waals surface area contributed by atoms with Crippen LogP contribution in [0.5, 0.6) is 0 Å². The normalized spacial score (nSPS) is 18.2. The Bertz CT molecular complexity index is 933. The van der Waals surface area contributed by atoms with E-state index in [1.165, 1.54) is 11.1 Å². The van der Waals surface area contributed by atoms with Crippen molar-refractivity contribution in [3.8, 4) is 0 Å². The van der Waals surface area contributed by atoms with E-state index in [2.05, 4.69) is 38.6 Å². The molecule has 2 aromatic heterocycles. The first-order chi connectivity index (χ1) is 13.7. The Kier molecular flexibility index (Phi) is 7.32. The van der Waals surface area contributed by atoms with Crippen molar-refractivity contribution in [3.05, 3.63) is 45.4 Å². The average Bonchev–Trinajstić information content (AvgIpc) is 3.26. The van der Waals surface area contributed by atoms with Gasteiger partial charge < -0.3 is 4.57 Å². The van der Waals surface area contributed by atoms with Gasteiger partial charge in [-0.25, -0.2) is 13.1 Å². The molecule has 0 saturated carbocycles. The van der Waals surface area contributed by atoms with Crippen LogP contribution in [-0.4, -0.2) is 56.1 Å². The molecule has 1 unspecified atom stereocenters. The van der Waals surface area contributed by atoms with Crippen molar-refractivity contribution in [1.29, 1.82) is 0 Å². The molecule has 0 amide bonds. The van der Waals surface area contributed by atoms with E-state index in [1.807, 2.05) is 13.0 Å². The van der Waals surface area contributed by atoms with Crippen LogP contribution >= 0.6 is 11.3 Å². The smallest absolute Gasteiger partial charge is 0.208 e. The van der Waals surface area contributed by atoms with E-state index in [9.17, 15) is 13.2 Å². The van der Waals surface area contributed by atoms with Crippen molar-refractivity contribution in [2.45, 2.75) is 39.7 Å². The SMILES string of the molecule is Cc1cc(C(=O)CN2CCCC(CNS(C)(=O)=O)C2)c(C)n1CCc1cccs1. The van der Waals surface area contributed by atoms with Crippen LogP contribution in [0, 0.1) is 19.8 Å². The molecule has 0 radical (unpaired) electrons. The molecule has 29 heavy (non-hydrogen) atoms. The van der Waals surface area contributed by atoms with Crippen LogP contribution in [0.3, 0.4) is 0 Å². The number of hydrogen-bond acceptors (Lipinski definition) is 5. The number of nitrogens with zero attached hydrogens (tertiary/aromatic N) is 2. The molecule has 160 valence electrons. The third kappa shape index (κ3) is 6.25. The highest BCUT2D eigenvalue weighted by molar-refractivity contribution is 7.88. The molecule has 6 nitrogen and oxygen atoms in total. The zero-order valence-corrected chi connectivity index (χ0v) is 19.1. The number of thiophene rings is 1. The largest absolute Gasteiger partial charge is 0.348 e. The molecule has 2 aromatic rings. The number of sulfonamides is 1. The number of aromatic nitrogens is 1. The minimum Gasteiger partial charge on any atom is -0.348 e. The summed E-state index contributed by atoms with van der Waals surface area (Å²) in [5, 5.41) is 2.09. The fourth-order valence-electron chi connectivity index (χ4n) is 4.12. The van der Waals surface area contributed by atoms with Gasteiger partial charge in [0.1, 0.15) is 0 Å². The van der Waals surface area contributed by atoms with E-state index >= 15 is 0 Å². The Labute approximate surface area is 178 Å². The van der Waals surface area contributed by atoms with Gasteiger partial charge in [-0.1, -0.05) is 6.07 Å². The predicted octanol–water partition coefficient (Wildman–Crippen LogP) is 2.85. The molecule has 0 spiro atoms. The molecule has 0 aromatic carbocycles. The first-order valence-corrected chi connectivity index (χ1v) is 12.9. The lowest BCUT2D eigenvalue weighted by Gasteiger charge is -2.32. The number of likely N-dealkylation sites (tertiary alicyclic amines) is 1. The Hall–Kier alpha value is -1.48. The van der Waals surface area contributed by atoms with Crippen molar-refractivity contribution in [2.24, 2.45) is 5.92 Å². The van der Waals surface area contributed by atoms with Gasteiger partial charge in [-0.2, -0.15) is 0 Å². The fourth-order valence-corrected chi connectivity index (χ4v) is 5.36. The summed E-state index contributed by atoms with van der Waals surface area (Å²) in [5.74, 6) is 0.404. The Morgan fingerprint density at radius 2 is 2.14 bits per heavy atom. The lowest BCUT2D eigenvalue weighted by molar-refractivity contribution is 0.0887. The summed E-state index contributed by atoms with van der Waals surface area (Å²) in [6.07, 6.45) is 4.14. The van der Waals surface area contributed by atoms with Gasteiger partial charge in [0, 0.05) is 41.5 Å². The second-order valence-corrected chi connectivity index (χ2v) is 10.9. The van der Waals surface area contributed by atoms with Gasteiger partial charge in [0.25, 0.3) is 0 Å². The maximum Gasteiger partial charge on any atom is 0.208 e. The van der Waals surface area contributed by atoms with Gasteiger partial charge in [-0.05, 0) is 63.1 Å². The monoisotopic (exact) mass is 437 g/mol.